The zero-order valence-electron chi connectivity index (χ0n) is 14.3. The van der Waals surface area contributed by atoms with Crippen LogP contribution in [0.3, 0.4) is 0 Å². The van der Waals surface area contributed by atoms with E-state index in [0.717, 1.165) is 28.4 Å². The maximum atomic E-state index is 6.06. The molecule has 26 heavy (non-hydrogen) atoms. The Labute approximate surface area is 152 Å². The summed E-state index contributed by atoms with van der Waals surface area (Å²) in [4.78, 5) is 8.81. The number of methoxy groups -OCH3 is 1. The summed E-state index contributed by atoms with van der Waals surface area (Å²) >= 11 is 0. The molecule has 0 aliphatic heterocycles. The van der Waals surface area contributed by atoms with E-state index in [1.807, 2.05) is 48.7 Å². The number of para-hydroxylation sites is 1. The zero-order chi connectivity index (χ0) is 17.9. The van der Waals surface area contributed by atoms with Crippen LogP contribution in [-0.2, 0) is 6.54 Å². The van der Waals surface area contributed by atoms with Gasteiger partial charge in [0.2, 0.25) is 0 Å². The van der Waals surface area contributed by atoms with Gasteiger partial charge in [0, 0.05) is 36.8 Å². The molecule has 2 radical (unpaired) electrons. The van der Waals surface area contributed by atoms with Gasteiger partial charge in [0.05, 0.1) is 12.8 Å². The minimum absolute atomic E-state index is 0.520. The Hall–Kier alpha value is -3.35. The minimum atomic E-state index is 0.520. The highest BCUT2D eigenvalue weighted by molar-refractivity contribution is 6.36. The van der Waals surface area contributed by atoms with Crippen molar-refractivity contribution in [2.45, 2.75) is 6.54 Å². The molecule has 0 saturated heterocycles. The molecule has 1 aromatic carbocycles. The van der Waals surface area contributed by atoms with E-state index in [0.29, 0.717) is 17.7 Å². The fraction of sp³-hybridized carbons (Fsp3) is 0.105. The molecule has 0 spiro atoms. The van der Waals surface area contributed by atoms with Gasteiger partial charge in [0.15, 0.2) is 5.65 Å². The first kappa shape index (κ1) is 16.1. The summed E-state index contributed by atoms with van der Waals surface area (Å²) in [6.07, 6.45) is 5.18. The average Bonchev–Trinajstić information content (AvgIpc) is 3.08. The highest BCUT2D eigenvalue weighted by Crippen LogP contribution is 2.30. The molecule has 126 valence electrons. The second-order valence-corrected chi connectivity index (χ2v) is 5.78. The Balaban J connectivity index is 1.79. The lowest BCUT2D eigenvalue weighted by Crippen LogP contribution is -2.09. The highest BCUT2D eigenvalue weighted by Gasteiger charge is 2.13. The lowest BCUT2D eigenvalue weighted by molar-refractivity contribution is 0.416. The fourth-order valence-electron chi connectivity index (χ4n) is 2.80. The number of hydrogen-bond donors (Lipinski definition) is 1. The van der Waals surface area contributed by atoms with Gasteiger partial charge in [-0.3, -0.25) is 4.98 Å². The Morgan fingerprint density at radius 3 is 2.85 bits per heavy atom. The molecule has 0 unspecified atom stereocenters. The number of nitrogens with one attached hydrogen (secondary N) is 1. The van der Waals surface area contributed by atoms with E-state index in [1.54, 1.807) is 24.0 Å². The first-order chi connectivity index (χ1) is 12.8. The van der Waals surface area contributed by atoms with Gasteiger partial charge in [-0.25, -0.2) is 4.98 Å². The molecule has 0 bridgehead atoms. The minimum Gasteiger partial charge on any atom is -0.496 e. The molecule has 4 rings (SSSR count). The predicted molar refractivity (Wildman–Crippen MR) is 102 cm³/mol. The van der Waals surface area contributed by atoms with Crippen molar-refractivity contribution in [3.8, 4) is 17.0 Å². The SMILES string of the molecule is [B]c1cnn2c(NCc3cccnc3)cc(-c3ccccc3OC)nc12. The average molecular weight is 341 g/mol. The fourth-order valence-corrected chi connectivity index (χ4v) is 2.80. The van der Waals surface area contributed by atoms with Gasteiger partial charge in [-0.15, -0.1) is 0 Å². The summed E-state index contributed by atoms with van der Waals surface area (Å²) in [5.41, 5.74) is 3.84. The number of fused-ring (bicyclic) bond motifs is 1. The van der Waals surface area contributed by atoms with Gasteiger partial charge in [-0.1, -0.05) is 18.2 Å². The van der Waals surface area contributed by atoms with Crippen LogP contribution in [0.2, 0.25) is 0 Å². The van der Waals surface area contributed by atoms with Gasteiger partial charge in [0.1, 0.15) is 19.4 Å². The third-order valence-corrected chi connectivity index (χ3v) is 4.08. The van der Waals surface area contributed by atoms with E-state index in [-0.39, 0.29) is 0 Å². The van der Waals surface area contributed by atoms with Crippen molar-refractivity contribution < 1.29 is 4.74 Å². The molecule has 0 atom stereocenters. The molecule has 0 fully saturated rings. The molecule has 6 nitrogen and oxygen atoms in total. The van der Waals surface area contributed by atoms with Crippen LogP contribution in [0.25, 0.3) is 16.9 Å². The second-order valence-electron chi connectivity index (χ2n) is 5.78. The van der Waals surface area contributed by atoms with Crippen molar-refractivity contribution in [3.63, 3.8) is 0 Å². The van der Waals surface area contributed by atoms with E-state index >= 15 is 0 Å². The Bertz CT molecular complexity index is 1050. The number of pyridine rings is 1. The van der Waals surface area contributed by atoms with Gasteiger partial charge in [-0.05, 0) is 29.2 Å². The lowest BCUT2D eigenvalue weighted by Gasteiger charge is -2.13. The summed E-state index contributed by atoms with van der Waals surface area (Å²) in [6.45, 7) is 0.609. The smallest absolute Gasteiger partial charge is 0.150 e. The molecule has 7 heteroatoms. The van der Waals surface area contributed by atoms with Crippen molar-refractivity contribution in [2.24, 2.45) is 0 Å². The summed E-state index contributed by atoms with van der Waals surface area (Å²) in [5, 5.41) is 7.72. The molecule has 0 aliphatic carbocycles. The second kappa shape index (κ2) is 6.88. The van der Waals surface area contributed by atoms with E-state index in [1.165, 1.54) is 0 Å². The van der Waals surface area contributed by atoms with Crippen LogP contribution >= 0.6 is 0 Å². The third-order valence-electron chi connectivity index (χ3n) is 4.08. The highest BCUT2D eigenvalue weighted by atomic mass is 16.5. The van der Waals surface area contributed by atoms with E-state index in [9.17, 15) is 0 Å². The molecule has 4 aromatic rings. The van der Waals surface area contributed by atoms with Gasteiger partial charge < -0.3 is 10.1 Å². The van der Waals surface area contributed by atoms with Crippen molar-refractivity contribution in [3.05, 3.63) is 66.6 Å². The van der Waals surface area contributed by atoms with Crippen LogP contribution in [0.15, 0.2) is 61.1 Å². The summed E-state index contributed by atoms with van der Waals surface area (Å²) in [6, 6.07) is 13.6. The quantitative estimate of drug-likeness (QED) is 0.564. The van der Waals surface area contributed by atoms with Crippen LogP contribution in [0.1, 0.15) is 5.56 Å². The van der Waals surface area contributed by atoms with Crippen molar-refractivity contribution in [1.82, 2.24) is 19.6 Å². The summed E-state index contributed by atoms with van der Waals surface area (Å²) < 4.78 is 7.17. The van der Waals surface area contributed by atoms with Gasteiger partial charge in [-0.2, -0.15) is 9.61 Å². The maximum Gasteiger partial charge on any atom is 0.150 e. The standard InChI is InChI=1S/C19H16BN5O/c1-26-17-7-3-2-6-14(17)16-9-18(22-11-13-5-4-8-21-10-13)25-19(24-16)15(20)12-23-25/h2-10,12,22H,11H2,1H3. The Morgan fingerprint density at radius 1 is 1.15 bits per heavy atom. The van der Waals surface area contributed by atoms with Gasteiger partial charge in [0.25, 0.3) is 0 Å². The van der Waals surface area contributed by atoms with Crippen molar-refractivity contribution >= 4 is 24.8 Å². The summed E-state index contributed by atoms with van der Waals surface area (Å²) in [7, 11) is 7.70. The molecule has 3 heterocycles. The molecule has 0 aliphatic rings. The Morgan fingerprint density at radius 2 is 2.04 bits per heavy atom. The Kier molecular flexibility index (Phi) is 4.27. The largest absolute Gasteiger partial charge is 0.496 e. The lowest BCUT2D eigenvalue weighted by atomic mass is 10.0. The first-order valence-electron chi connectivity index (χ1n) is 8.16. The van der Waals surface area contributed by atoms with Crippen LogP contribution in [0.5, 0.6) is 5.75 Å². The van der Waals surface area contributed by atoms with Crippen LogP contribution in [0, 0.1) is 0 Å². The van der Waals surface area contributed by atoms with Crippen molar-refractivity contribution in [1.29, 1.82) is 0 Å². The maximum absolute atomic E-state index is 6.06. The van der Waals surface area contributed by atoms with Gasteiger partial charge >= 0.3 is 0 Å². The topological polar surface area (TPSA) is 64.3 Å². The zero-order valence-corrected chi connectivity index (χ0v) is 14.3. The number of nitrogens with zero attached hydrogens (tertiary/aromatic N) is 4. The van der Waals surface area contributed by atoms with Crippen molar-refractivity contribution in [2.75, 3.05) is 12.4 Å². The van der Waals surface area contributed by atoms with E-state index < -0.39 is 0 Å². The number of hydrogen-bond acceptors (Lipinski definition) is 5. The molecule has 0 amide bonds. The predicted octanol–water partition coefficient (Wildman–Crippen LogP) is 2.21. The molecule has 1 N–H and O–H groups in total. The normalized spacial score (nSPS) is 10.8. The van der Waals surface area contributed by atoms with E-state index in [4.69, 9.17) is 12.6 Å². The number of ether oxygens (including phenoxy) is 1. The number of rotatable bonds is 5. The van der Waals surface area contributed by atoms with Crippen LogP contribution < -0.4 is 15.5 Å². The third kappa shape index (κ3) is 2.99. The number of aromatic nitrogens is 4. The number of anilines is 1. The summed E-state index contributed by atoms with van der Waals surface area (Å²) in [5.74, 6) is 1.54. The molecular formula is C19H16BN5O. The molecular weight excluding hydrogens is 325 g/mol. The van der Waals surface area contributed by atoms with E-state index in [2.05, 4.69) is 20.4 Å². The molecule has 0 saturated carbocycles. The monoisotopic (exact) mass is 341 g/mol. The van der Waals surface area contributed by atoms with Crippen LogP contribution in [0.4, 0.5) is 5.82 Å². The van der Waals surface area contributed by atoms with Crippen LogP contribution in [-0.4, -0.2) is 34.5 Å². The first-order valence-corrected chi connectivity index (χ1v) is 8.16. The number of benzene rings is 1. The molecule has 3 aromatic heterocycles.